The molecule has 0 heterocycles. The van der Waals surface area contributed by atoms with Crippen LogP contribution in [0, 0.1) is 0 Å². The predicted octanol–water partition coefficient (Wildman–Crippen LogP) is 2.11. The van der Waals surface area contributed by atoms with E-state index in [4.69, 9.17) is 9.57 Å². The van der Waals surface area contributed by atoms with Crippen LogP contribution in [0.1, 0.15) is 5.56 Å². The maximum Gasteiger partial charge on any atom is 0.266 e. The molecule has 2 aromatic carbocycles. The van der Waals surface area contributed by atoms with Crippen molar-refractivity contribution in [2.45, 2.75) is 11.5 Å². The minimum absolute atomic E-state index is 0.0376. The highest BCUT2D eigenvalue weighted by Gasteiger charge is 2.18. The quantitative estimate of drug-likeness (QED) is 0.828. The van der Waals surface area contributed by atoms with E-state index in [9.17, 15) is 8.42 Å². The van der Waals surface area contributed by atoms with E-state index >= 15 is 0 Å². The van der Waals surface area contributed by atoms with Crippen molar-refractivity contribution in [2.24, 2.45) is 0 Å². The Kier molecular flexibility index (Phi) is 4.73. The Balaban J connectivity index is 2.04. The largest absolute Gasteiger partial charge is 0.495 e. The van der Waals surface area contributed by atoms with Crippen molar-refractivity contribution >= 4 is 10.0 Å². The normalized spacial score (nSPS) is 11.2. The SMILES string of the molecule is COc1ccccc1S(=O)(=O)NOCc1ccccc1. The summed E-state index contributed by atoms with van der Waals surface area (Å²) in [4.78, 5) is 7.17. The van der Waals surface area contributed by atoms with Crippen molar-refractivity contribution in [3.8, 4) is 5.75 Å². The average molecular weight is 293 g/mol. The summed E-state index contributed by atoms with van der Waals surface area (Å²) in [6, 6.07) is 15.6. The first-order valence-electron chi connectivity index (χ1n) is 5.94. The third kappa shape index (κ3) is 3.57. The molecule has 0 aliphatic heterocycles. The molecule has 0 bridgehead atoms. The molecule has 2 aromatic rings. The van der Waals surface area contributed by atoms with Crippen molar-refractivity contribution in [1.29, 1.82) is 0 Å². The highest BCUT2D eigenvalue weighted by Crippen LogP contribution is 2.22. The molecule has 1 N–H and O–H groups in total. The van der Waals surface area contributed by atoms with Crippen LogP contribution >= 0.6 is 0 Å². The van der Waals surface area contributed by atoms with Crippen molar-refractivity contribution in [3.05, 3.63) is 60.2 Å². The number of nitrogens with one attached hydrogen (secondary N) is 1. The Hall–Kier alpha value is -1.89. The molecule has 0 radical (unpaired) electrons. The van der Waals surface area contributed by atoms with E-state index in [1.54, 1.807) is 18.2 Å². The van der Waals surface area contributed by atoms with Crippen LogP contribution in [0.4, 0.5) is 0 Å². The topological polar surface area (TPSA) is 64.6 Å². The molecule has 2 rings (SSSR count). The highest BCUT2D eigenvalue weighted by molar-refractivity contribution is 7.89. The lowest BCUT2D eigenvalue weighted by Crippen LogP contribution is -2.24. The first-order chi connectivity index (χ1) is 9.63. The van der Waals surface area contributed by atoms with E-state index in [-0.39, 0.29) is 17.3 Å². The fourth-order valence-electron chi connectivity index (χ4n) is 1.65. The molecular weight excluding hydrogens is 278 g/mol. The molecule has 0 amide bonds. The van der Waals surface area contributed by atoms with Crippen LogP contribution < -0.4 is 9.62 Å². The average Bonchev–Trinajstić information content (AvgIpc) is 2.48. The summed E-state index contributed by atoms with van der Waals surface area (Å²) in [5, 5.41) is 0. The molecule has 0 atom stereocenters. The van der Waals surface area contributed by atoms with E-state index in [1.807, 2.05) is 30.3 Å². The van der Waals surface area contributed by atoms with Gasteiger partial charge in [0.05, 0.1) is 13.7 Å². The first kappa shape index (κ1) is 14.5. The molecule has 0 aliphatic carbocycles. The molecule has 0 fully saturated rings. The van der Waals surface area contributed by atoms with Gasteiger partial charge < -0.3 is 4.74 Å². The lowest BCUT2D eigenvalue weighted by Gasteiger charge is -2.10. The zero-order valence-electron chi connectivity index (χ0n) is 10.9. The van der Waals surface area contributed by atoms with Gasteiger partial charge in [-0.1, -0.05) is 47.3 Å². The van der Waals surface area contributed by atoms with E-state index < -0.39 is 10.0 Å². The van der Waals surface area contributed by atoms with Gasteiger partial charge in [-0.25, -0.2) is 8.42 Å². The molecule has 0 aromatic heterocycles. The molecule has 106 valence electrons. The second-order valence-corrected chi connectivity index (χ2v) is 5.63. The first-order valence-corrected chi connectivity index (χ1v) is 7.42. The number of hydrogen-bond donors (Lipinski definition) is 1. The summed E-state index contributed by atoms with van der Waals surface area (Å²) in [5.74, 6) is 0.267. The summed E-state index contributed by atoms with van der Waals surface area (Å²) in [6.45, 7) is 0.148. The van der Waals surface area contributed by atoms with Gasteiger partial charge >= 0.3 is 0 Å². The fraction of sp³-hybridized carbons (Fsp3) is 0.143. The lowest BCUT2D eigenvalue weighted by molar-refractivity contribution is 0.0794. The van der Waals surface area contributed by atoms with E-state index in [0.717, 1.165) is 5.56 Å². The van der Waals surface area contributed by atoms with Crippen LogP contribution in [0.3, 0.4) is 0 Å². The molecule has 0 aliphatic rings. The van der Waals surface area contributed by atoms with Crippen LogP contribution in [-0.4, -0.2) is 15.5 Å². The van der Waals surface area contributed by atoms with Crippen molar-refractivity contribution in [3.63, 3.8) is 0 Å². The summed E-state index contributed by atoms with van der Waals surface area (Å²) in [5.41, 5.74) is 0.871. The van der Waals surface area contributed by atoms with Gasteiger partial charge in [0.15, 0.2) is 0 Å². The lowest BCUT2D eigenvalue weighted by atomic mass is 10.2. The van der Waals surface area contributed by atoms with Gasteiger partial charge in [-0.05, 0) is 17.7 Å². The Morgan fingerprint density at radius 1 is 1.00 bits per heavy atom. The minimum Gasteiger partial charge on any atom is -0.495 e. The molecular formula is C14H15NO4S. The van der Waals surface area contributed by atoms with Gasteiger partial charge in [-0.3, -0.25) is 4.84 Å². The van der Waals surface area contributed by atoms with Gasteiger partial charge in [0.2, 0.25) is 0 Å². The summed E-state index contributed by atoms with van der Waals surface area (Å²) >= 11 is 0. The number of hydrogen-bond acceptors (Lipinski definition) is 4. The number of para-hydroxylation sites is 1. The summed E-state index contributed by atoms with van der Waals surface area (Å²) in [6.07, 6.45) is 0. The van der Waals surface area contributed by atoms with Gasteiger partial charge in [-0.2, -0.15) is 0 Å². The Morgan fingerprint density at radius 2 is 1.65 bits per heavy atom. The van der Waals surface area contributed by atoms with E-state index in [2.05, 4.69) is 4.89 Å². The fourth-order valence-corrected chi connectivity index (χ4v) is 2.63. The Morgan fingerprint density at radius 3 is 2.35 bits per heavy atom. The number of methoxy groups -OCH3 is 1. The van der Waals surface area contributed by atoms with Crippen LogP contribution in [0.2, 0.25) is 0 Å². The monoisotopic (exact) mass is 293 g/mol. The highest BCUT2D eigenvalue weighted by atomic mass is 32.2. The Bertz CT molecular complexity index is 656. The number of ether oxygens (including phenoxy) is 1. The van der Waals surface area contributed by atoms with Crippen LogP contribution in [-0.2, 0) is 21.5 Å². The second-order valence-electron chi connectivity index (χ2n) is 4.01. The van der Waals surface area contributed by atoms with Gasteiger partial charge in [0.25, 0.3) is 10.0 Å². The third-order valence-corrected chi connectivity index (χ3v) is 3.86. The van der Waals surface area contributed by atoms with Crippen LogP contribution in [0.25, 0.3) is 0 Å². The zero-order chi connectivity index (χ0) is 14.4. The van der Waals surface area contributed by atoms with Crippen molar-refractivity contribution in [1.82, 2.24) is 4.89 Å². The maximum absolute atomic E-state index is 12.1. The van der Waals surface area contributed by atoms with E-state index in [1.165, 1.54) is 13.2 Å². The number of sulfonamides is 1. The smallest absolute Gasteiger partial charge is 0.266 e. The standard InChI is InChI=1S/C14H15NO4S/c1-18-13-9-5-6-10-14(13)20(16,17)15-19-11-12-7-3-2-4-8-12/h2-10,15H,11H2,1H3. The molecule has 0 spiro atoms. The Labute approximate surface area is 118 Å². The van der Waals surface area contributed by atoms with Crippen LogP contribution in [0.5, 0.6) is 5.75 Å². The van der Waals surface area contributed by atoms with Gasteiger partial charge in [-0.15, -0.1) is 0 Å². The maximum atomic E-state index is 12.1. The zero-order valence-corrected chi connectivity index (χ0v) is 11.8. The van der Waals surface area contributed by atoms with Gasteiger partial charge in [0, 0.05) is 0 Å². The molecule has 0 saturated carbocycles. The minimum atomic E-state index is -3.77. The van der Waals surface area contributed by atoms with Crippen molar-refractivity contribution in [2.75, 3.05) is 7.11 Å². The van der Waals surface area contributed by atoms with E-state index in [0.29, 0.717) is 0 Å². The van der Waals surface area contributed by atoms with Crippen molar-refractivity contribution < 1.29 is 18.0 Å². The number of rotatable bonds is 6. The summed E-state index contributed by atoms with van der Waals surface area (Å²) in [7, 11) is -2.35. The molecule has 0 unspecified atom stereocenters. The third-order valence-electron chi connectivity index (χ3n) is 2.61. The molecule has 5 nitrogen and oxygen atoms in total. The number of benzene rings is 2. The predicted molar refractivity (Wildman–Crippen MR) is 74.5 cm³/mol. The second kappa shape index (κ2) is 6.51. The molecule has 6 heteroatoms. The van der Waals surface area contributed by atoms with Crippen LogP contribution in [0.15, 0.2) is 59.5 Å². The van der Waals surface area contributed by atoms with Gasteiger partial charge in [0.1, 0.15) is 10.6 Å². The molecule has 20 heavy (non-hydrogen) atoms. The molecule has 0 saturated heterocycles. The summed E-state index contributed by atoms with van der Waals surface area (Å²) < 4.78 is 29.2.